The van der Waals surface area contributed by atoms with Gasteiger partial charge >= 0.3 is 0 Å². The highest BCUT2D eigenvalue weighted by atomic mass is 32.2. The molecule has 1 aliphatic rings. The second-order valence-corrected chi connectivity index (χ2v) is 6.01. The Morgan fingerprint density at radius 3 is 2.50 bits per heavy atom. The molecule has 5 nitrogen and oxygen atoms in total. The van der Waals surface area contributed by atoms with E-state index in [9.17, 15) is 9.59 Å². The molecule has 1 fully saturated rings. The molecule has 1 saturated heterocycles. The molecule has 1 aromatic rings. The Bertz CT molecular complexity index is 545. The van der Waals surface area contributed by atoms with Crippen LogP contribution in [0, 0.1) is 0 Å². The van der Waals surface area contributed by atoms with Crippen molar-refractivity contribution in [2.24, 2.45) is 0 Å². The highest BCUT2D eigenvalue weighted by Gasteiger charge is 2.36. The number of thioether (sulfide) groups is 1. The van der Waals surface area contributed by atoms with Gasteiger partial charge < -0.3 is 10.6 Å². The molecule has 2 N–H and O–H groups in total. The molecule has 1 aliphatic heterocycles. The van der Waals surface area contributed by atoms with E-state index in [0.29, 0.717) is 5.11 Å². The van der Waals surface area contributed by atoms with Gasteiger partial charge in [-0.3, -0.25) is 14.5 Å². The van der Waals surface area contributed by atoms with Gasteiger partial charge in [-0.05, 0) is 36.5 Å². The Morgan fingerprint density at radius 1 is 1.35 bits per heavy atom. The topological polar surface area (TPSA) is 61.4 Å². The van der Waals surface area contributed by atoms with Crippen LogP contribution in [0.25, 0.3) is 0 Å². The quantitative estimate of drug-likeness (QED) is 0.651. The third-order valence-corrected chi connectivity index (χ3v) is 4.46. The van der Waals surface area contributed by atoms with Gasteiger partial charge in [0.2, 0.25) is 11.8 Å². The first-order valence-corrected chi connectivity index (χ1v) is 7.36. The fourth-order valence-electron chi connectivity index (χ4n) is 1.79. The standard InChI is InChI=1S/C13H15N3O2S2/c1-14-13(19)15-8-3-5-9(6-4-8)20-10-7-11(17)16(2)12(10)18/h3-6,10H,7H2,1-2H3,(H2,14,15,19). The molecule has 0 spiro atoms. The molecule has 2 amide bonds. The van der Waals surface area contributed by atoms with Crippen LogP contribution in [0.3, 0.4) is 0 Å². The Labute approximate surface area is 127 Å². The Balaban J connectivity index is 1.99. The number of imide groups is 1. The van der Waals surface area contributed by atoms with Crippen molar-refractivity contribution >= 4 is 46.6 Å². The van der Waals surface area contributed by atoms with Gasteiger partial charge in [0.25, 0.3) is 0 Å². The highest BCUT2D eigenvalue weighted by Crippen LogP contribution is 2.31. The number of thiocarbonyl (C=S) groups is 1. The molecule has 0 aromatic heterocycles. The van der Waals surface area contributed by atoms with Gasteiger partial charge in [-0.1, -0.05) is 0 Å². The normalized spacial score (nSPS) is 18.3. The zero-order chi connectivity index (χ0) is 14.7. The molecule has 1 unspecified atom stereocenters. The third-order valence-electron chi connectivity index (χ3n) is 2.96. The first-order chi connectivity index (χ1) is 9.51. The maximum Gasteiger partial charge on any atom is 0.242 e. The monoisotopic (exact) mass is 309 g/mol. The minimum atomic E-state index is -0.315. The van der Waals surface area contributed by atoms with Crippen molar-refractivity contribution in [3.63, 3.8) is 0 Å². The van der Waals surface area contributed by atoms with Crippen LogP contribution < -0.4 is 10.6 Å². The van der Waals surface area contributed by atoms with E-state index in [1.807, 2.05) is 24.3 Å². The summed E-state index contributed by atoms with van der Waals surface area (Å²) in [4.78, 5) is 25.4. The average molecular weight is 309 g/mol. The Kier molecular flexibility index (Phi) is 4.61. The van der Waals surface area contributed by atoms with Gasteiger partial charge in [0.1, 0.15) is 0 Å². The van der Waals surface area contributed by atoms with Crippen LogP contribution in [0.5, 0.6) is 0 Å². The second kappa shape index (κ2) is 6.23. The highest BCUT2D eigenvalue weighted by molar-refractivity contribution is 8.00. The number of likely N-dealkylation sites (tertiary alicyclic amines) is 1. The van der Waals surface area contributed by atoms with Crippen molar-refractivity contribution in [2.45, 2.75) is 16.6 Å². The number of nitrogens with one attached hydrogen (secondary N) is 2. The third kappa shape index (κ3) is 3.29. The molecule has 2 rings (SSSR count). The number of hydrogen-bond acceptors (Lipinski definition) is 4. The lowest BCUT2D eigenvalue weighted by atomic mass is 10.3. The van der Waals surface area contributed by atoms with Crippen LogP contribution in [0.15, 0.2) is 29.2 Å². The van der Waals surface area contributed by atoms with Crippen LogP contribution >= 0.6 is 24.0 Å². The fourth-order valence-corrected chi connectivity index (χ4v) is 3.01. The minimum Gasteiger partial charge on any atom is -0.366 e. The summed E-state index contributed by atoms with van der Waals surface area (Å²) in [6.45, 7) is 0. The van der Waals surface area contributed by atoms with E-state index < -0.39 is 0 Å². The van der Waals surface area contributed by atoms with Crippen molar-refractivity contribution in [3.8, 4) is 0 Å². The van der Waals surface area contributed by atoms with E-state index in [0.717, 1.165) is 10.6 Å². The lowest BCUT2D eigenvalue weighted by Gasteiger charge is -2.10. The molecule has 106 valence electrons. The molecule has 1 aromatic carbocycles. The van der Waals surface area contributed by atoms with Crippen molar-refractivity contribution in [1.29, 1.82) is 0 Å². The van der Waals surface area contributed by atoms with Crippen LogP contribution in [0.4, 0.5) is 5.69 Å². The van der Waals surface area contributed by atoms with Gasteiger partial charge in [0.05, 0.1) is 5.25 Å². The molecular formula is C13H15N3O2S2. The predicted octanol–water partition coefficient (Wildman–Crippen LogP) is 1.45. The van der Waals surface area contributed by atoms with Crippen LogP contribution in [0.2, 0.25) is 0 Å². The van der Waals surface area contributed by atoms with E-state index in [-0.39, 0.29) is 23.5 Å². The molecule has 0 aliphatic carbocycles. The minimum absolute atomic E-state index is 0.120. The summed E-state index contributed by atoms with van der Waals surface area (Å²) >= 11 is 6.42. The second-order valence-electron chi connectivity index (χ2n) is 4.33. The van der Waals surface area contributed by atoms with Crippen molar-refractivity contribution in [3.05, 3.63) is 24.3 Å². The molecule has 0 saturated carbocycles. The maximum absolute atomic E-state index is 11.8. The maximum atomic E-state index is 11.8. The number of benzene rings is 1. The van der Waals surface area contributed by atoms with E-state index in [2.05, 4.69) is 10.6 Å². The van der Waals surface area contributed by atoms with E-state index in [1.165, 1.54) is 23.7 Å². The molecular weight excluding hydrogens is 294 g/mol. The van der Waals surface area contributed by atoms with Gasteiger partial charge in [-0.2, -0.15) is 0 Å². The van der Waals surface area contributed by atoms with Gasteiger partial charge in [0, 0.05) is 31.1 Å². The molecule has 7 heteroatoms. The first-order valence-electron chi connectivity index (χ1n) is 6.07. The Morgan fingerprint density at radius 2 is 2.00 bits per heavy atom. The number of carbonyl (C=O) groups excluding carboxylic acids is 2. The summed E-state index contributed by atoms with van der Waals surface area (Å²) in [5.74, 6) is -0.247. The first kappa shape index (κ1) is 14.8. The summed E-state index contributed by atoms with van der Waals surface area (Å²) in [6.07, 6.45) is 0.268. The van der Waals surface area contributed by atoms with Crippen LogP contribution in [-0.2, 0) is 9.59 Å². The number of amides is 2. The summed E-state index contributed by atoms with van der Waals surface area (Å²) < 4.78 is 0. The number of nitrogens with zero attached hydrogens (tertiary/aromatic N) is 1. The zero-order valence-corrected chi connectivity index (χ0v) is 12.8. The molecule has 20 heavy (non-hydrogen) atoms. The van der Waals surface area contributed by atoms with Crippen molar-refractivity contribution in [2.75, 3.05) is 19.4 Å². The molecule has 0 bridgehead atoms. The van der Waals surface area contributed by atoms with Crippen LogP contribution in [-0.4, -0.2) is 41.2 Å². The van der Waals surface area contributed by atoms with E-state index in [4.69, 9.17) is 12.2 Å². The molecule has 0 radical (unpaired) electrons. The average Bonchev–Trinajstić information content (AvgIpc) is 2.68. The SMILES string of the molecule is CNC(=S)Nc1ccc(SC2CC(=O)N(C)C2=O)cc1. The summed E-state index contributed by atoms with van der Waals surface area (Å²) in [6, 6.07) is 7.58. The lowest BCUT2D eigenvalue weighted by molar-refractivity contribution is -0.136. The van der Waals surface area contributed by atoms with Gasteiger partial charge in [-0.15, -0.1) is 11.8 Å². The predicted molar refractivity (Wildman–Crippen MR) is 83.8 cm³/mol. The van der Waals surface area contributed by atoms with E-state index in [1.54, 1.807) is 7.05 Å². The molecule has 1 atom stereocenters. The lowest BCUT2D eigenvalue weighted by Crippen LogP contribution is -2.26. The largest absolute Gasteiger partial charge is 0.366 e. The smallest absolute Gasteiger partial charge is 0.242 e. The van der Waals surface area contributed by atoms with Crippen molar-refractivity contribution < 1.29 is 9.59 Å². The number of hydrogen-bond donors (Lipinski definition) is 2. The molecule has 1 heterocycles. The summed E-state index contributed by atoms with van der Waals surface area (Å²) in [5, 5.41) is 6.08. The number of carbonyl (C=O) groups is 2. The summed E-state index contributed by atoms with van der Waals surface area (Å²) in [7, 11) is 3.27. The van der Waals surface area contributed by atoms with Gasteiger partial charge in [0.15, 0.2) is 5.11 Å². The van der Waals surface area contributed by atoms with Crippen molar-refractivity contribution in [1.82, 2.24) is 10.2 Å². The summed E-state index contributed by atoms with van der Waals surface area (Å²) in [5.41, 5.74) is 0.875. The number of rotatable bonds is 3. The Hall–Kier alpha value is -1.60. The van der Waals surface area contributed by atoms with Gasteiger partial charge in [-0.25, -0.2) is 0 Å². The van der Waals surface area contributed by atoms with Crippen LogP contribution in [0.1, 0.15) is 6.42 Å². The van der Waals surface area contributed by atoms with E-state index >= 15 is 0 Å². The number of anilines is 1. The zero-order valence-electron chi connectivity index (χ0n) is 11.2. The fraction of sp³-hybridized carbons (Fsp3) is 0.308.